The molecule has 0 spiro atoms. The van der Waals surface area contributed by atoms with E-state index in [9.17, 15) is 14.4 Å². The van der Waals surface area contributed by atoms with E-state index in [1.165, 1.54) is 4.57 Å². The van der Waals surface area contributed by atoms with Gasteiger partial charge in [-0.1, -0.05) is 0 Å². The lowest BCUT2D eigenvalue weighted by molar-refractivity contribution is -0.125. The number of likely N-dealkylation sites (tertiary alicyclic amines) is 1. The van der Waals surface area contributed by atoms with E-state index in [1.807, 2.05) is 6.92 Å². The molecule has 7 nitrogen and oxygen atoms in total. The summed E-state index contributed by atoms with van der Waals surface area (Å²) in [5, 5.41) is 2.86. The van der Waals surface area contributed by atoms with Gasteiger partial charge in [-0.3, -0.25) is 14.4 Å². The Morgan fingerprint density at radius 3 is 2.71 bits per heavy atom. The van der Waals surface area contributed by atoms with Crippen LogP contribution >= 0.6 is 0 Å². The van der Waals surface area contributed by atoms with Gasteiger partial charge in [0.2, 0.25) is 5.91 Å². The Balaban J connectivity index is 1.82. The molecule has 1 aliphatic rings. The molecule has 24 heavy (non-hydrogen) atoms. The predicted molar refractivity (Wildman–Crippen MR) is 89.8 cm³/mol. The van der Waals surface area contributed by atoms with E-state index in [0.717, 1.165) is 12.8 Å². The number of piperidine rings is 1. The third-order valence-electron chi connectivity index (χ3n) is 4.28. The van der Waals surface area contributed by atoms with E-state index in [1.54, 1.807) is 30.3 Å². The molecule has 1 aromatic rings. The second-order valence-electron chi connectivity index (χ2n) is 6.01. The lowest BCUT2D eigenvalue weighted by Crippen LogP contribution is -2.43. The minimum absolute atomic E-state index is 0.0884. The number of nitrogens with one attached hydrogen (secondary N) is 1. The molecule has 7 heteroatoms. The topological polar surface area (TPSA) is 80.6 Å². The highest BCUT2D eigenvalue weighted by Crippen LogP contribution is 2.17. The molecule has 132 valence electrons. The summed E-state index contributed by atoms with van der Waals surface area (Å²) in [6.07, 6.45) is 3.26. The van der Waals surface area contributed by atoms with Crippen molar-refractivity contribution < 1.29 is 14.3 Å². The Labute approximate surface area is 141 Å². The lowest BCUT2D eigenvalue weighted by Gasteiger charge is -2.32. The summed E-state index contributed by atoms with van der Waals surface area (Å²) in [5.41, 5.74) is -0.0590. The Morgan fingerprint density at radius 2 is 2.04 bits per heavy atom. The smallest absolute Gasteiger partial charge is 0.263 e. The van der Waals surface area contributed by atoms with Crippen molar-refractivity contribution in [1.29, 1.82) is 0 Å². The minimum Gasteiger partial charge on any atom is -0.372 e. The lowest BCUT2D eigenvalue weighted by atomic mass is 9.96. The standard InChI is InChI=1S/C17H25N3O4/c1-3-24-12-15(21)18-11-13-6-9-20(10-7-13)17(23)14-5-4-8-19(2)16(14)22/h4-5,8,13H,3,6-7,9-12H2,1-2H3,(H,18,21). The molecule has 0 radical (unpaired) electrons. The zero-order valence-electron chi connectivity index (χ0n) is 14.3. The van der Waals surface area contributed by atoms with Gasteiger partial charge in [-0.2, -0.15) is 0 Å². The van der Waals surface area contributed by atoms with Gasteiger partial charge in [0.25, 0.3) is 11.5 Å². The summed E-state index contributed by atoms with van der Waals surface area (Å²) in [5.74, 6) is 0.0244. The second kappa shape index (κ2) is 8.63. The van der Waals surface area contributed by atoms with Gasteiger partial charge in [0, 0.05) is 39.5 Å². The summed E-state index contributed by atoms with van der Waals surface area (Å²) in [4.78, 5) is 37.8. The number of pyridine rings is 1. The molecule has 0 saturated carbocycles. The SMILES string of the molecule is CCOCC(=O)NCC1CCN(C(=O)c2cccn(C)c2=O)CC1. The fraction of sp³-hybridized carbons (Fsp3) is 0.588. The normalized spacial score (nSPS) is 15.3. The van der Waals surface area contributed by atoms with Crippen LogP contribution in [0.25, 0.3) is 0 Å². The number of aromatic nitrogens is 1. The highest BCUT2D eigenvalue weighted by molar-refractivity contribution is 5.93. The van der Waals surface area contributed by atoms with Crippen molar-refractivity contribution in [3.8, 4) is 0 Å². The van der Waals surface area contributed by atoms with Crippen LogP contribution in [0, 0.1) is 5.92 Å². The van der Waals surface area contributed by atoms with Crippen molar-refractivity contribution in [1.82, 2.24) is 14.8 Å². The van der Waals surface area contributed by atoms with Crippen LogP contribution in [0.5, 0.6) is 0 Å². The highest BCUT2D eigenvalue weighted by Gasteiger charge is 2.25. The van der Waals surface area contributed by atoms with Gasteiger partial charge in [-0.05, 0) is 37.8 Å². The molecular formula is C17H25N3O4. The van der Waals surface area contributed by atoms with Gasteiger partial charge >= 0.3 is 0 Å². The average Bonchev–Trinajstić information content (AvgIpc) is 2.60. The molecule has 1 saturated heterocycles. The number of amides is 2. The summed E-state index contributed by atoms with van der Waals surface area (Å²) in [6, 6.07) is 3.28. The van der Waals surface area contributed by atoms with Crippen LogP contribution in [0.15, 0.2) is 23.1 Å². The number of carbonyl (C=O) groups is 2. The van der Waals surface area contributed by atoms with Gasteiger partial charge in [-0.15, -0.1) is 0 Å². The van der Waals surface area contributed by atoms with Gasteiger partial charge in [0.1, 0.15) is 12.2 Å². The van der Waals surface area contributed by atoms with Crippen molar-refractivity contribution in [3.05, 3.63) is 34.2 Å². The molecule has 1 aromatic heterocycles. The molecule has 0 atom stereocenters. The molecule has 1 fully saturated rings. The summed E-state index contributed by atoms with van der Waals surface area (Å²) in [6.45, 7) is 4.25. The molecule has 1 N–H and O–H groups in total. The maximum absolute atomic E-state index is 12.5. The Hall–Kier alpha value is -2.15. The third-order valence-corrected chi connectivity index (χ3v) is 4.28. The van der Waals surface area contributed by atoms with Gasteiger partial charge in [-0.25, -0.2) is 0 Å². The van der Waals surface area contributed by atoms with Crippen molar-refractivity contribution >= 4 is 11.8 Å². The number of carbonyl (C=O) groups excluding carboxylic acids is 2. The number of aryl methyl sites for hydroxylation is 1. The maximum Gasteiger partial charge on any atom is 0.263 e. The Bertz CT molecular complexity index is 633. The largest absolute Gasteiger partial charge is 0.372 e. The molecule has 0 aliphatic carbocycles. The molecular weight excluding hydrogens is 310 g/mol. The number of nitrogens with zero attached hydrogens (tertiary/aromatic N) is 2. The highest BCUT2D eigenvalue weighted by atomic mass is 16.5. The molecule has 2 heterocycles. The number of ether oxygens (including phenoxy) is 1. The first-order chi connectivity index (χ1) is 11.5. The Kier molecular flexibility index (Phi) is 6.54. The number of hydrogen-bond donors (Lipinski definition) is 1. The first-order valence-electron chi connectivity index (χ1n) is 8.32. The van der Waals surface area contributed by atoms with Crippen molar-refractivity contribution in [2.45, 2.75) is 19.8 Å². The molecule has 1 aliphatic heterocycles. The van der Waals surface area contributed by atoms with E-state index in [-0.39, 0.29) is 29.5 Å². The average molecular weight is 335 g/mol. The predicted octanol–water partition coefficient (Wildman–Crippen LogP) is 0.390. The molecule has 2 amide bonds. The van der Waals surface area contributed by atoms with Gasteiger partial charge < -0.3 is 19.5 Å². The van der Waals surface area contributed by atoms with Gasteiger partial charge in [0.15, 0.2) is 0 Å². The molecule has 0 unspecified atom stereocenters. The summed E-state index contributed by atoms with van der Waals surface area (Å²) in [7, 11) is 1.64. The van der Waals surface area contributed by atoms with Crippen LogP contribution in [-0.2, 0) is 16.6 Å². The minimum atomic E-state index is -0.271. The van der Waals surface area contributed by atoms with Crippen LogP contribution in [0.4, 0.5) is 0 Å². The monoisotopic (exact) mass is 335 g/mol. The van der Waals surface area contributed by atoms with Crippen LogP contribution in [-0.4, -0.2) is 54.1 Å². The quantitative estimate of drug-likeness (QED) is 0.815. The van der Waals surface area contributed by atoms with Crippen LogP contribution in [0.2, 0.25) is 0 Å². The maximum atomic E-state index is 12.5. The summed E-state index contributed by atoms with van der Waals surface area (Å²) < 4.78 is 6.47. The fourth-order valence-corrected chi connectivity index (χ4v) is 2.77. The van der Waals surface area contributed by atoms with E-state index < -0.39 is 0 Å². The van der Waals surface area contributed by atoms with Crippen LogP contribution < -0.4 is 10.9 Å². The molecule has 0 aromatic carbocycles. The van der Waals surface area contributed by atoms with Crippen LogP contribution in [0.1, 0.15) is 30.1 Å². The third kappa shape index (κ3) is 4.67. The zero-order chi connectivity index (χ0) is 17.5. The summed E-state index contributed by atoms with van der Waals surface area (Å²) >= 11 is 0. The zero-order valence-corrected chi connectivity index (χ0v) is 14.3. The molecule has 2 rings (SSSR count). The van der Waals surface area contributed by atoms with E-state index >= 15 is 0 Å². The van der Waals surface area contributed by atoms with E-state index in [2.05, 4.69) is 5.32 Å². The first-order valence-corrected chi connectivity index (χ1v) is 8.32. The van der Waals surface area contributed by atoms with E-state index in [0.29, 0.717) is 32.2 Å². The van der Waals surface area contributed by atoms with E-state index in [4.69, 9.17) is 4.74 Å². The van der Waals surface area contributed by atoms with Gasteiger partial charge in [0.05, 0.1) is 0 Å². The fourth-order valence-electron chi connectivity index (χ4n) is 2.77. The number of rotatable bonds is 6. The van der Waals surface area contributed by atoms with Crippen LogP contribution in [0.3, 0.4) is 0 Å². The Morgan fingerprint density at radius 1 is 1.33 bits per heavy atom. The number of hydrogen-bond acceptors (Lipinski definition) is 4. The first kappa shape index (κ1) is 18.2. The molecule has 0 bridgehead atoms. The van der Waals surface area contributed by atoms with Crippen molar-refractivity contribution in [3.63, 3.8) is 0 Å². The second-order valence-corrected chi connectivity index (χ2v) is 6.01. The van der Waals surface area contributed by atoms with Crippen molar-refractivity contribution in [2.24, 2.45) is 13.0 Å². The van der Waals surface area contributed by atoms with Crippen molar-refractivity contribution in [2.75, 3.05) is 32.8 Å².